The van der Waals surface area contributed by atoms with E-state index in [1.165, 1.54) is 36.4 Å². The molecule has 16 heteroatoms. The molecule has 2 N–H and O–H groups in total. The fourth-order valence-corrected chi connectivity index (χ4v) is 6.14. The van der Waals surface area contributed by atoms with Gasteiger partial charge in [-0.05, 0) is 70.0 Å². The van der Waals surface area contributed by atoms with Crippen LogP contribution in [0.3, 0.4) is 0 Å². The van der Waals surface area contributed by atoms with Gasteiger partial charge in [0.15, 0.2) is 0 Å². The zero-order valence-corrected chi connectivity index (χ0v) is 28.8. The second-order valence-corrected chi connectivity index (χ2v) is 14.0. The molecule has 4 aromatic rings. The summed E-state index contributed by atoms with van der Waals surface area (Å²) < 4.78 is 92.8. The van der Waals surface area contributed by atoms with E-state index in [1.54, 1.807) is 27.7 Å². The Labute approximate surface area is 286 Å². The predicted octanol–water partition coefficient (Wildman–Crippen LogP) is 6.21. The molecule has 0 saturated carbocycles. The molecule has 11 nitrogen and oxygen atoms in total. The number of unbranched alkanes of at least 4 members (excludes halogenated alkanes) is 1. The van der Waals surface area contributed by atoms with Gasteiger partial charge < -0.3 is 10.1 Å². The van der Waals surface area contributed by atoms with Gasteiger partial charge >= 0.3 is 18.0 Å². The van der Waals surface area contributed by atoms with Crippen LogP contribution in [0.1, 0.15) is 74.8 Å². The van der Waals surface area contributed by atoms with Gasteiger partial charge in [0.05, 0.1) is 22.7 Å². The van der Waals surface area contributed by atoms with Crippen LogP contribution in [0, 0.1) is 5.82 Å². The number of ether oxygens (including phenoxy) is 1. The van der Waals surface area contributed by atoms with Crippen molar-refractivity contribution in [3.05, 3.63) is 99.5 Å². The molecule has 1 aromatic heterocycles. The maximum absolute atomic E-state index is 15.8. The Balaban J connectivity index is 1.76. The summed E-state index contributed by atoms with van der Waals surface area (Å²) in [5.74, 6) is -1.38. The van der Waals surface area contributed by atoms with Gasteiger partial charge in [0.2, 0.25) is 0 Å². The summed E-state index contributed by atoms with van der Waals surface area (Å²) in [6.07, 6.45) is -4.72. The number of sulfonamides is 1. The Morgan fingerprint density at radius 3 is 2.30 bits per heavy atom. The summed E-state index contributed by atoms with van der Waals surface area (Å²) in [6, 6.07) is 12.0. The van der Waals surface area contributed by atoms with Gasteiger partial charge in [-0.2, -0.15) is 17.9 Å². The second kappa shape index (κ2) is 14.9. The number of carbonyl (C=O) groups is 2. The first-order chi connectivity index (χ1) is 23.4. The molecule has 1 heterocycles. The van der Waals surface area contributed by atoms with Crippen molar-refractivity contribution in [2.45, 2.75) is 77.1 Å². The SMILES string of the molecule is CCCCc1nn(-c2cc(C(=O)NCC)ccc2C(F)(F)F)c(=O)n1Cc1ccc(-c2ccccc2S(=O)(=O)NC(=O)OC(C)(C)C)cc1F. The van der Waals surface area contributed by atoms with Crippen LogP contribution in [-0.4, -0.2) is 46.9 Å². The van der Waals surface area contributed by atoms with Crippen LogP contribution < -0.4 is 15.7 Å². The molecular weight excluding hydrogens is 682 g/mol. The first-order valence-electron chi connectivity index (χ1n) is 15.7. The van der Waals surface area contributed by atoms with Crippen molar-refractivity contribution >= 4 is 22.0 Å². The number of rotatable bonds is 11. The lowest BCUT2D eigenvalue weighted by atomic mass is 10.0. The van der Waals surface area contributed by atoms with Gasteiger partial charge in [-0.15, -0.1) is 5.10 Å². The van der Waals surface area contributed by atoms with Crippen molar-refractivity contribution in [3.8, 4) is 16.8 Å². The first-order valence-corrected chi connectivity index (χ1v) is 17.2. The van der Waals surface area contributed by atoms with E-state index in [-0.39, 0.29) is 45.9 Å². The van der Waals surface area contributed by atoms with Gasteiger partial charge in [-0.3, -0.25) is 9.36 Å². The summed E-state index contributed by atoms with van der Waals surface area (Å²) in [6.45, 7) is 8.02. The zero-order valence-electron chi connectivity index (χ0n) is 28.0. The second-order valence-electron chi connectivity index (χ2n) is 12.3. The van der Waals surface area contributed by atoms with E-state index >= 15 is 4.39 Å². The molecule has 268 valence electrons. The minimum atomic E-state index is -4.89. The lowest BCUT2D eigenvalue weighted by Gasteiger charge is -2.20. The third-order valence-corrected chi connectivity index (χ3v) is 8.68. The smallest absolute Gasteiger partial charge is 0.421 e. The Morgan fingerprint density at radius 2 is 1.68 bits per heavy atom. The molecule has 0 unspecified atom stereocenters. The molecule has 2 amide bonds. The monoisotopic (exact) mass is 719 g/mol. The van der Waals surface area contributed by atoms with Crippen LogP contribution in [0.2, 0.25) is 0 Å². The molecule has 0 fully saturated rings. The Morgan fingerprint density at radius 1 is 0.980 bits per heavy atom. The largest absolute Gasteiger partial charge is 0.443 e. The van der Waals surface area contributed by atoms with Crippen molar-refractivity contribution in [1.82, 2.24) is 24.4 Å². The van der Waals surface area contributed by atoms with Crippen molar-refractivity contribution in [1.29, 1.82) is 0 Å². The molecule has 0 saturated heterocycles. The topological polar surface area (TPSA) is 141 Å². The highest BCUT2D eigenvalue weighted by molar-refractivity contribution is 7.90. The number of nitrogens with one attached hydrogen (secondary N) is 2. The number of nitrogens with zero attached hydrogens (tertiary/aromatic N) is 3. The van der Waals surface area contributed by atoms with E-state index in [0.717, 1.165) is 22.8 Å². The van der Waals surface area contributed by atoms with E-state index in [2.05, 4.69) is 10.4 Å². The number of amides is 2. The Kier molecular flexibility index (Phi) is 11.2. The lowest BCUT2D eigenvalue weighted by molar-refractivity contribution is -0.137. The fraction of sp³-hybridized carbons (Fsp3) is 0.353. The first kappa shape index (κ1) is 37.8. The summed E-state index contributed by atoms with van der Waals surface area (Å²) in [5.41, 5.74) is -3.76. The Bertz CT molecular complexity index is 2070. The minimum Gasteiger partial charge on any atom is -0.443 e. The molecule has 0 radical (unpaired) electrons. The van der Waals surface area contributed by atoms with E-state index < -0.39 is 63.1 Å². The highest BCUT2D eigenvalue weighted by Crippen LogP contribution is 2.34. The summed E-state index contributed by atoms with van der Waals surface area (Å²) in [7, 11) is -4.46. The van der Waals surface area contributed by atoms with Crippen molar-refractivity contribution in [2.24, 2.45) is 0 Å². The van der Waals surface area contributed by atoms with E-state index in [0.29, 0.717) is 23.6 Å². The van der Waals surface area contributed by atoms with Crippen LogP contribution in [-0.2, 0) is 33.9 Å². The molecule has 4 rings (SSSR count). The average molecular weight is 720 g/mol. The molecule has 3 aromatic carbocycles. The number of hydrogen-bond acceptors (Lipinski definition) is 7. The van der Waals surface area contributed by atoms with Crippen LogP contribution in [0.4, 0.5) is 22.4 Å². The molecule has 50 heavy (non-hydrogen) atoms. The number of hydrogen-bond donors (Lipinski definition) is 2. The third-order valence-electron chi connectivity index (χ3n) is 7.31. The summed E-state index contributed by atoms with van der Waals surface area (Å²) in [5, 5.41) is 6.72. The van der Waals surface area contributed by atoms with E-state index in [9.17, 15) is 36.0 Å². The number of halogens is 4. The molecular formula is C34H37F4N5O6S. The summed E-state index contributed by atoms with van der Waals surface area (Å²) >= 11 is 0. The quantitative estimate of drug-likeness (QED) is 0.176. The van der Waals surface area contributed by atoms with Gasteiger partial charge in [0.1, 0.15) is 17.2 Å². The van der Waals surface area contributed by atoms with Crippen molar-refractivity contribution in [3.63, 3.8) is 0 Å². The van der Waals surface area contributed by atoms with Gasteiger partial charge in [0, 0.05) is 29.7 Å². The van der Waals surface area contributed by atoms with Crippen LogP contribution >= 0.6 is 0 Å². The van der Waals surface area contributed by atoms with E-state index in [1.807, 2.05) is 11.6 Å². The maximum Gasteiger partial charge on any atom is 0.421 e. The molecule has 0 spiro atoms. The number of aromatic nitrogens is 3. The number of carbonyl (C=O) groups excluding carboxylic acids is 2. The molecule has 0 aliphatic carbocycles. The highest BCUT2D eigenvalue weighted by Gasteiger charge is 2.36. The molecule has 0 aliphatic heterocycles. The van der Waals surface area contributed by atoms with Crippen molar-refractivity contribution in [2.75, 3.05) is 6.54 Å². The summed E-state index contributed by atoms with van der Waals surface area (Å²) in [4.78, 5) is 38.1. The van der Waals surface area contributed by atoms with Crippen LogP contribution in [0.15, 0.2) is 70.4 Å². The fourth-order valence-electron chi connectivity index (χ4n) is 5.04. The van der Waals surface area contributed by atoms with E-state index in [4.69, 9.17) is 4.74 Å². The zero-order chi connectivity index (χ0) is 37.0. The molecule has 0 aliphatic rings. The number of benzene rings is 3. The maximum atomic E-state index is 15.8. The normalized spacial score (nSPS) is 12.1. The highest BCUT2D eigenvalue weighted by atomic mass is 32.2. The number of alkyl halides is 3. The van der Waals surface area contributed by atoms with Crippen LogP contribution in [0.5, 0.6) is 0 Å². The van der Waals surface area contributed by atoms with Gasteiger partial charge in [-0.25, -0.2) is 27.1 Å². The minimum absolute atomic E-state index is 0.0347. The van der Waals surface area contributed by atoms with Crippen LogP contribution in [0.25, 0.3) is 16.8 Å². The molecule has 0 atom stereocenters. The average Bonchev–Trinajstić information content (AvgIpc) is 3.33. The predicted molar refractivity (Wildman–Crippen MR) is 177 cm³/mol. The van der Waals surface area contributed by atoms with Gasteiger partial charge in [0.25, 0.3) is 15.9 Å². The third kappa shape index (κ3) is 8.77. The standard InChI is InChI=1S/C34H37F4N5O6S/c1-6-8-13-29-40-43(27-19-22(30(44)39-7-2)16-17-25(27)34(36,37)38)32(46)42(29)20-23-15-14-21(18-26(23)35)24-11-9-10-12-28(24)50(47,48)41-31(45)49-33(3,4)5/h9-12,14-19H,6-8,13,20H2,1-5H3,(H,39,44)(H,41,45). The molecule has 0 bridgehead atoms. The van der Waals surface area contributed by atoms with Gasteiger partial charge in [-0.1, -0.05) is 43.7 Å². The Hall–Kier alpha value is -4.99. The van der Waals surface area contributed by atoms with Crippen molar-refractivity contribution < 1.29 is 40.3 Å². The lowest BCUT2D eigenvalue weighted by Crippen LogP contribution is -2.36. The number of aryl methyl sites for hydroxylation is 1.